The van der Waals surface area contributed by atoms with Crippen molar-refractivity contribution in [2.45, 2.75) is 82.5 Å². The van der Waals surface area contributed by atoms with Gasteiger partial charge in [0.15, 0.2) is 0 Å². The standard InChI is InChI=1S/C29H40N2/c1-3-30-19-29(20-31-4-2)27-17-23(21-9-5-6-10-21)13-15-25(27)26-16-14-24(18-28(26)29)22-11-7-8-12-22/h13-18,21-22,30-31H,3-12,19-20H2,1-2H3. The first-order valence-electron chi connectivity index (χ1n) is 13.0. The molecule has 166 valence electrons. The Kier molecular flexibility index (Phi) is 6.21. The Labute approximate surface area is 189 Å². The molecule has 0 aliphatic heterocycles. The Morgan fingerprint density at radius 2 is 1.10 bits per heavy atom. The van der Waals surface area contributed by atoms with Crippen LogP contribution < -0.4 is 10.6 Å². The first-order chi connectivity index (χ1) is 15.3. The Morgan fingerprint density at radius 3 is 1.48 bits per heavy atom. The fraction of sp³-hybridized carbons (Fsp3) is 0.586. The number of hydrogen-bond acceptors (Lipinski definition) is 2. The van der Waals surface area contributed by atoms with Crippen LogP contribution in [-0.4, -0.2) is 26.2 Å². The summed E-state index contributed by atoms with van der Waals surface area (Å²) in [6, 6.07) is 15.0. The van der Waals surface area contributed by atoms with E-state index in [1.807, 2.05) is 0 Å². The van der Waals surface area contributed by atoms with Gasteiger partial charge in [-0.25, -0.2) is 0 Å². The van der Waals surface area contributed by atoms with Crippen molar-refractivity contribution in [2.24, 2.45) is 0 Å². The summed E-state index contributed by atoms with van der Waals surface area (Å²) in [4.78, 5) is 0. The van der Waals surface area contributed by atoms with Crippen LogP contribution in [0.25, 0.3) is 11.1 Å². The molecular weight excluding hydrogens is 376 g/mol. The molecule has 3 aliphatic rings. The van der Waals surface area contributed by atoms with E-state index in [0.29, 0.717) is 0 Å². The van der Waals surface area contributed by atoms with Crippen LogP contribution in [-0.2, 0) is 5.41 Å². The first kappa shape index (κ1) is 21.2. The predicted molar refractivity (Wildman–Crippen MR) is 132 cm³/mol. The van der Waals surface area contributed by atoms with Gasteiger partial charge >= 0.3 is 0 Å². The fourth-order valence-electron chi connectivity index (χ4n) is 6.68. The average Bonchev–Trinajstić information content (AvgIpc) is 3.57. The second-order valence-electron chi connectivity index (χ2n) is 10.2. The van der Waals surface area contributed by atoms with Gasteiger partial charge < -0.3 is 10.6 Å². The van der Waals surface area contributed by atoms with Gasteiger partial charge in [-0.05, 0) is 84.0 Å². The smallest absolute Gasteiger partial charge is 0.0463 e. The molecule has 0 atom stereocenters. The molecular formula is C29H40N2. The van der Waals surface area contributed by atoms with Crippen molar-refractivity contribution in [3.05, 3.63) is 58.7 Å². The van der Waals surface area contributed by atoms with Gasteiger partial charge in [-0.1, -0.05) is 75.9 Å². The number of hydrogen-bond donors (Lipinski definition) is 2. The molecule has 0 unspecified atom stereocenters. The van der Waals surface area contributed by atoms with Crippen molar-refractivity contribution >= 4 is 0 Å². The lowest BCUT2D eigenvalue weighted by Gasteiger charge is -2.34. The molecule has 2 aromatic carbocycles. The summed E-state index contributed by atoms with van der Waals surface area (Å²) in [5.41, 5.74) is 9.28. The molecule has 0 heterocycles. The minimum atomic E-state index is 0.0277. The first-order valence-corrected chi connectivity index (χ1v) is 13.0. The summed E-state index contributed by atoms with van der Waals surface area (Å²) in [6.07, 6.45) is 11.0. The molecule has 0 radical (unpaired) electrons. The zero-order valence-electron chi connectivity index (χ0n) is 19.6. The Balaban J connectivity index is 1.64. The van der Waals surface area contributed by atoms with Gasteiger partial charge in [0.25, 0.3) is 0 Å². The lowest BCUT2D eigenvalue weighted by Crippen LogP contribution is -2.45. The number of benzene rings is 2. The Morgan fingerprint density at radius 1 is 0.677 bits per heavy atom. The van der Waals surface area contributed by atoms with Crippen LogP contribution in [0.5, 0.6) is 0 Å². The fourth-order valence-corrected chi connectivity index (χ4v) is 6.68. The quantitative estimate of drug-likeness (QED) is 0.514. The minimum absolute atomic E-state index is 0.0277. The molecule has 2 N–H and O–H groups in total. The molecule has 2 heteroatoms. The average molecular weight is 417 g/mol. The van der Waals surface area contributed by atoms with E-state index in [2.05, 4.69) is 60.9 Å². The molecule has 0 aromatic heterocycles. The maximum atomic E-state index is 3.76. The third-order valence-electron chi connectivity index (χ3n) is 8.42. The second-order valence-corrected chi connectivity index (χ2v) is 10.2. The van der Waals surface area contributed by atoms with E-state index in [1.54, 1.807) is 22.3 Å². The summed E-state index contributed by atoms with van der Waals surface area (Å²) in [7, 11) is 0. The lowest BCUT2D eigenvalue weighted by molar-refractivity contribution is 0.447. The van der Waals surface area contributed by atoms with Crippen molar-refractivity contribution in [3.8, 4) is 11.1 Å². The Hall–Kier alpha value is -1.64. The van der Waals surface area contributed by atoms with Gasteiger partial charge in [0, 0.05) is 18.5 Å². The summed E-state index contributed by atoms with van der Waals surface area (Å²) in [5.74, 6) is 1.53. The summed E-state index contributed by atoms with van der Waals surface area (Å²) in [5, 5.41) is 7.52. The predicted octanol–water partition coefficient (Wildman–Crippen LogP) is 6.49. The minimum Gasteiger partial charge on any atom is -0.316 e. The van der Waals surface area contributed by atoms with Crippen LogP contribution in [0.1, 0.15) is 99.3 Å². The van der Waals surface area contributed by atoms with Gasteiger partial charge in [-0.2, -0.15) is 0 Å². The van der Waals surface area contributed by atoms with E-state index >= 15 is 0 Å². The molecule has 3 aliphatic carbocycles. The zero-order chi connectivity index (χ0) is 21.3. The number of fused-ring (bicyclic) bond motifs is 3. The summed E-state index contributed by atoms with van der Waals surface area (Å²) in [6.45, 7) is 8.53. The third kappa shape index (κ3) is 3.76. The highest BCUT2D eigenvalue weighted by atomic mass is 14.9. The lowest BCUT2D eigenvalue weighted by atomic mass is 9.76. The third-order valence-corrected chi connectivity index (χ3v) is 8.42. The number of nitrogens with one attached hydrogen (secondary N) is 2. The normalized spacial score (nSPS) is 20.3. The molecule has 5 rings (SSSR count). The molecule has 0 bridgehead atoms. The monoisotopic (exact) mass is 416 g/mol. The molecule has 0 saturated heterocycles. The zero-order valence-corrected chi connectivity index (χ0v) is 19.6. The van der Waals surface area contributed by atoms with Crippen LogP contribution in [0.15, 0.2) is 36.4 Å². The molecule has 0 spiro atoms. The highest BCUT2D eigenvalue weighted by molar-refractivity contribution is 5.82. The number of rotatable bonds is 8. The Bertz CT molecular complexity index is 827. The van der Waals surface area contributed by atoms with Crippen LogP contribution in [0.3, 0.4) is 0 Å². The molecule has 2 saturated carbocycles. The molecule has 31 heavy (non-hydrogen) atoms. The maximum Gasteiger partial charge on any atom is 0.0463 e. The molecule has 2 nitrogen and oxygen atoms in total. The van der Waals surface area contributed by atoms with Gasteiger partial charge in [0.1, 0.15) is 0 Å². The van der Waals surface area contributed by atoms with Crippen molar-refractivity contribution < 1.29 is 0 Å². The summed E-state index contributed by atoms with van der Waals surface area (Å²) < 4.78 is 0. The highest BCUT2D eigenvalue weighted by Gasteiger charge is 2.43. The molecule has 2 fully saturated rings. The van der Waals surface area contributed by atoms with Gasteiger partial charge in [-0.15, -0.1) is 0 Å². The second kappa shape index (κ2) is 9.08. The van der Waals surface area contributed by atoms with Crippen molar-refractivity contribution in [3.63, 3.8) is 0 Å². The SMILES string of the molecule is CCNCC1(CNCC)c2cc(C3CCCC3)ccc2-c2ccc(C3CCCC3)cc21. The van der Waals surface area contributed by atoms with E-state index in [9.17, 15) is 0 Å². The summed E-state index contributed by atoms with van der Waals surface area (Å²) >= 11 is 0. The van der Waals surface area contributed by atoms with Crippen LogP contribution in [0.2, 0.25) is 0 Å². The van der Waals surface area contributed by atoms with E-state index in [-0.39, 0.29) is 5.41 Å². The highest BCUT2D eigenvalue weighted by Crippen LogP contribution is 2.51. The van der Waals surface area contributed by atoms with E-state index < -0.39 is 0 Å². The van der Waals surface area contributed by atoms with E-state index in [0.717, 1.165) is 38.0 Å². The van der Waals surface area contributed by atoms with Crippen LogP contribution in [0.4, 0.5) is 0 Å². The van der Waals surface area contributed by atoms with Crippen LogP contribution in [0, 0.1) is 0 Å². The van der Waals surface area contributed by atoms with Gasteiger partial charge in [0.05, 0.1) is 0 Å². The van der Waals surface area contributed by atoms with Crippen molar-refractivity contribution in [1.29, 1.82) is 0 Å². The van der Waals surface area contributed by atoms with E-state index in [1.165, 1.54) is 62.5 Å². The number of likely N-dealkylation sites (N-methyl/N-ethyl adjacent to an activating group) is 2. The maximum absolute atomic E-state index is 3.76. The van der Waals surface area contributed by atoms with Crippen molar-refractivity contribution in [2.75, 3.05) is 26.2 Å². The van der Waals surface area contributed by atoms with E-state index in [4.69, 9.17) is 0 Å². The van der Waals surface area contributed by atoms with Crippen molar-refractivity contribution in [1.82, 2.24) is 10.6 Å². The molecule has 0 amide bonds. The topological polar surface area (TPSA) is 24.1 Å². The van der Waals surface area contributed by atoms with Gasteiger partial charge in [-0.3, -0.25) is 0 Å². The largest absolute Gasteiger partial charge is 0.316 e. The molecule has 2 aromatic rings. The van der Waals surface area contributed by atoms with Crippen LogP contribution >= 0.6 is 0 Å². The van der Waals surface area contributed by atoms with Gasteiger partial charge in [0.2, 0.25) is 0 Å².